The lowest BCUT2D eigenvalue weighted by Gasteiger charge is -2.46. The number of allylic oxidation sites excluding steroid dienone is 1. The second-order valence-electron chi connectivity index (χ2n) is 13.1. The van der Waals surface area contributed by atoms with E-state index >= 15 is 0 Å². The molecule has 0 saturated carbocycles. The van der Waals surface area contributed by atoms with Gasteiger partial charge in [-0.05, 0) is 71.3 Å². The van der Waals surface area contributed by atoms with Crippen molar-refractivity contribution in [1.29, 1.82) is 0 Å². The van der Waals surface area contributed by atoms with E-state index in [1.165, 1.54) is 27.1 Å². The van der Waals surface area contributed by atoms with Crippen LogP contribution in [0, 0.1) is 11.3 Å². The molecule has 40 heavy (non-hydrogen) atoms. The Morgan fingerprint density at radius 2 is 1.62 bits per heavy atom. The van der Waals surface area contributed by atoms with Crippen LogP contribution in [0.1, 0.15) is 73.6 Å². The Bertz CT molecular complexity index is 1100. The predicted octanol–water partition coefficient (Wildman–Crippen LogP) is 7.60. The maximum absolute atomic E-state index is 10.7. The molecule has 0 aromatic heterocycles. The molecule has 0 spiro atoms. The van der Waals surface area contributed by atoms with Gasteiger partial charge in [0.05, 0.1) is 12.2 Å². The molecule has 0 saturated heterocycles. The van der Waals surface area contributed by atoms with Gasteiger partial charge in [-0.15, -0.1) is 6.58 Å². The zero-order chi connectivity index (χ0) is 29.6. The second kappa shape index (κ2) is 13.6. The predicted molar refractivity (Wildman–Crippen MR) is 173 cm³/mol. The number of hydrogen-bond donors (Lipinski definition) is 1. The van der Waals surface area contributed by atoms with Gasteiger partial charge in [-0.25, -0.2) is 0 Å². The molecule has 0 radical (unpaired) electrons. The van der Waals surface area contributed by atoms with Gasteiger partial charge in [0, 0.05) is 13.7 Å². The van der Waals surface area contributed by atoms with Crippen LogP contribution < -0.4 is 10.4 Å². The van der Waals surface area contributed by atoms with Crippen LogP contribution in [0.2, 0.25) is 5.04 Å². The van der Waals surface area contributed by atoms with Crippen LogP contribution in [0.25, 0.3) is 0 Å². The molecule has 3 nitrogen and oxygen atoms in total. The van der Waals surface area contributed by atoms with Gasteiger partial charge in [0.2, 0.25) is 0 Å². The first-order chi connectivity index (χ1) is 18.9. The molecule has 4 heteroatoms. The molecular weight excluding hydrogens is 508 g/mol. The zero-order valence-corrected chi connectivity index (χ0v) is 27.0. The monoisotopic (exact) mass is 560 g/mol. The topological polar surface area (TPSA) is 38.7 Å². The van der Waals surface area contributed by atoms with E-state index in [1.54, 1.807) is 13.2 Å². The normalized spacial score (nSPS) is 19.2. The summed E-state index contributed by atoms with van der Waals surface area (Å²) in [6, 6.07) is 21.6. The summed E-state index contributed by atoms with van der Waals surface area (Å²) in [6.45, 7) is 22.7. The fraction of sp³-hybridized carbons (Fsp3) is 0.500. The van der Waals surface area contributed by atoms with Crippen molar-refractivity contribution >= 4 is 18.7 Å². The number of benzene rings is 2. The van der Waals surface area contributed by atoms with Crippen molar-refractivity contribution in [3.05, 3.63) is 96.6 Å². The van der Waals surface area contributed by atoms with E-state index < -0.39 is 14.4 Å². The average molecular weight is 561 g/mol. The highest BCUT2D eigenvalue weighted by molar-refractivity contribution is 6.99. The van der Waals surface area contributed by atoms with Crippen molar-refractivity contribution in [1.82, 2.24) is 0 Å². The van der Waals surface area contributed by atoms with Gasteiger partial charge in [-0.1, -0.05) is 119 Å². The third-order valence-electron chi connectivity index (χ3n) is 9.06. The first-order valence-corrected chi connectivity index (χ1v) is 16.8. The zero-order valence-electron chi connectivity index (χ0n) is 26.0. The van der Waals surface area contributed by atoms with Gasteiger partial charge in [0.1, 0.15) is 0 Å². The Morgan fingerprint density at radius 3 is 2.10 bits per heavy atom. The van der Waals surface area contributed by atoms with Crippen molar-refractivity contribution in [2.24, 2.45) is 11.3 Å². The molecule has 0 bridgehead atoms. The molecule has 2 aromatic rings. The third kappa shape index (κ3) is 6.79. The Labute approximate surface area is 245 Å². The minimum absolute atomic E-state index is 0.0308. The van der Waals surface area contributed by atoms with E-state index in [9.17, 15) is 5.11 Å². The first-order valence-electron chi connectivity index (χ1n) is 14.8. The lowest BCUT2D eigenvalue weighted by atomic mass is 9.61. The standard InChI is InChI=1S/C36H52O3Si/c1-10-32(37)31-24-23-28(3)34(36(31,7)8)33(38-9)26-27(2)18-17-25-39-40(35(4,5)6,29-19-13-11-14-20-29)30-21-15-12-16-22-30/h10-16,19-22,31-33,37H,1-2,17-18,23-26H2,3-9H3. The fourth-order valence-corrected chi connectivity index (χ4v) is 11.7. The summed E-state index contributed by atoms with van der Waals surface area (Å²) in [5.41, 5.74) is 3.70. The lowest BCUT2D eigenvalue weighted by Crippen LogP contribution is -2.66. The van der Waals surface area contributed by atoms with Gasteiger partial charge < -0.3 is 14.3 Å². The molecule has 3 rings (SSSR count). The lowest BCUT2D eigenvalue weighted by molar-refractivity contribution is 0.0410. The summed E-state index contributed by atoms with van der Waals surface area (Å²) in [4.78, 5) is 0. The van der Waals surface area contributed by atoms with Gasteiger partial charge in [-0.2, -0.15) is 0 Å². The van der Waals surface area contributed by atoms with E-state index in [1.807, 2.05) is 0 Å². The van der Waals surface area contributed by atoms with E-state index in [4.69, 9.17) is 9.16 Å². The average Bonchev–Trinajstić information content (AvgIpc) is 2.92. The minimum Gasteiger partial charge on any atom is -0.407 e. The number of rotatable bonds is 13. The number of methoxy groups -OCH3 is 1. The second-order valence-corrected chi connectivity index (χ2v) is 17.4. The van der Waals surface area contributed by atoms with Crippen molar-refractivity contribution in [2.75, 3.05) is 13.7 Å². The molecule has 218 valence electrons. The van der Waals surface area contributed by atoms with Crippen LogP contribution in [0.15, 0.2) is 96.6 Å². The van der Waals surface area contributed by atoms with Crippen molar-refractivity contribution in [2.45, 2.75) is 90.9 Å². The maximum Gasteiger partial charge on any atom is 0.261 e. The first kappa shape index (κ1) is 32.3. The molecule has 1 aliphatic carbocycles. The molecule has 0 aliphatic heterocycles. The Kier molecular flexibility index (Phi) is 11.0. The number of aliphatic hydroxyl groups is 1. The number of ether oxygens (including phenoxy) is 1. The summed E-state index contributed by atoms with van der Waals surface area (Å²) in [5, 5.41) is 13.3. The van der Waals surface area contributed by atoms with Crippen LogP contribution in [-0.2, 0) is 9.16 Å². The Balaban J connectivity index is 1.73. The molecule has 0 heterocycles. The molecule has 1 aliphatic rings. The third-order valence-corrected chi connectivity index (χ3v) is 14.1. The van der Waals surface area contributed by atoms with E-state index in [0.29, 0.717) is 6.61 Å². The van der Waals surface area contributed by atoms with Crippen LogP contribution >= 0.6 is 0 Å². The molecule has 3 atom stereocenters. The molecule has 0 amide bonds. The highest BCUT2D eigenvalue weighted by atomic mass is 28.4. The molecule has 2 aromatic carbocycles. The summed E-state index contributed by atoms with van der Waals surface area (Å²) in [5.74, 6) is 0.134. The van der Waals surface area contributed by atoms with Crippen LogP contribution in [0.3, 0.4) is 0 Å². The quantitative estimate of drug-likeness (QED) is 0.156. The smallest absolute Gasteiger partial charge is 0.261 e. The molecular formula is C36H52O3Si. The van der Waals surface area contributed by atoms with Gasteiger partial charge in [0.25, 0.3) is 8.32 Å². The van der Waals surface area contributed by atoms with E-state index in [-0.39, 0.29) is 22.5 Å². The fourth-order valence-electron chi connectivity index (χ4n) is 7.05. The van der Waals surface area contributed by atoms with Crippen molar-refractivity contribution in [3.63, 3.8) is 0 Å². The summed E-state index contributed by atoms with van der Waals surface area (Å²) < 4.78 is 13.2. The van der Waals surface area contributed by atoms with Crippen LogP contribution in [0.5, 0.6) is 0 Å². The van der Waals surface area contributed by atoms with Crippen molar-refractivity contribution < 1.29 is 14.3 Å². The van der Waals surface area contributed by atoms with Gasteiger partial charge in [0.15, 0.2) is 0 Å². The Morgan fingerprint density at radius 1 is 1.07 bits per heavy atom. The highest BCUT2D eigenvalue weighted by Gasteiger charge is 2.50. The summed E-state index contributed by atoms with van der Waals surface area (Å²) in [7, 11) is -0.731. The summed E-state index contributed by atoms with van der Waals surface area (Å²) >= 11 is 0. The Hall–Kier alpha value is -2.24. The maximum atomic E-state index is 10.7. The summed E-state index contributed by atoms with van der Waals surface area (Å²) in [6.07, 6.45) is 5.65. The molecule has 1 N–H and O–H groups in total. The van der Waals surface area contributed by atoms with Gasteiger partial charge in [-0.3, -0.25) is 0 Å². The number of aliphatic hydroxyl groups excluding tert-OH is 1. The SMILES string of the molecule is C=CC(O)C1CCC(C)=C(C(CC(=C)CCCO[Si](c2ccccc2)(c2ccccc2)C(C)(C)C)OC)C1(C)C. The van der Waals surface area contributed by atoms with Crippen molar-refractivity contribution in [3.8, 4) is 0 Å². The largest absolute Gasteiger partial charge is 0.407 e. The highest BCUT2D eigenvalue weighted by Crippen LogP contribution is 2.49. The van der Waals surface area contributed by atoms with E-state index in [2.05, 4.69) is 115 Å². The number of hydrogen-bond acceptors (Lipinski definition) is 3. The van der Waals surface area contributed by atoms with E-state index in [0.717, 1.165) is 32.1 Å². The van der Waals surface area contributed by atoms with Crippen LogP contribution in [-0.4, -0.2) is 39.3 Å². The van der Waals surface area contributed by atoms with Gasteiger partial charge >= 0.3 is 0 Å². The minimum atomic E-state index is -2.53. The molecule has 0 fully saturated rings. The van der Waals surface area contributed by atoms with Crippen LogP contribution in [0.4, 0.5) is 0 Å². The molecule has 3 unspecified atom stereocenters.